The number of amides is 1. The number of morpholine rings is 1. The molecule has 8 heteroatoms. The van der Waals surface area contributed by atoms with Crippen molar-refractivity contribution in [1.29, 1.82) is 0 Å². The van der Waals surface area contributed by atoms with Crippen molar-refractivity contribution in [2.45, 2.75) is 13.5 Å². The Morgan fingerprint density at radius 3 is 2.89 bits per heavy atom. The molecule has 3 aromatic rings. The predicted octanol–water partition coefficient (Wildman–Crippen LogP) is 1.94. The number of imidazole rings is 1. The van der Waals surface area contributed by atoms with Crippen molar-refractivity contribution in [2.75, 3.05) is 31.2 Å². The Morgan fingerprint density at radius 1 is 1.25 bits per heavy atom. The minimum Gasteiger partial charge on any atom is -0.378 e. The zero-order valence-corrected chi connectivity index (χ0v) is 15.7. The molecule has 0 atom stereocenters. The van der Waals surface area contributed by atoms with Gasteiger partial charge in [0.05, 0.1) is 25.5 Å². The van der Waals surface area contributed by atoms with Crippen LogP contribution in [-0.2, 0) is 11.3 Å². The smallest absolute Gasteiger partial charge is 0.251 e. The molecule has 1 aromatic carbocycles. The molecule has 1 saturated heterocycles. The maximum atomic E-state index is 12.5. The van der Waals surface area contributed by atoms with E-state index in [-0.39, 0.29) is 5.91 Å². The van der Waals surface area contributed by atoms with Gasteiger partial charge in [0.2, 0.25) is 5.95 Å². The Bertz CT molecular complexity index is 951. The highest BCUT2D eigenvalue weighted by Crippen LogP contribution is 2.22. The Hall–Kier alpha value is -3.26. The van der Waals surface area contributed by atoms with Crippen LogP contribution in [0.25, 0.3) is 11.3 Å². The molecular formula is C20H22N6O2. The third kappa shape index (κ3) is 4.17. The highest BCUT2D eigenvalue weighted by atomic mass is 16.5. The van der Waals surface area contributed by atoms with Crippen LogP contribution in [0, 0.1) is 6.92 Å². The number of rotatable bonds is 5. The van der Waals surface area contributed by atoms with Crippen molar-refractivity contribution >= 4 is 11.9 Å². The van der Waals surface area contributed by atoms with E-state index in [0.29, 0.717) is 37.1 Å². The Labute approximate surface area is 163 Å². The molecule has 1 fully saturated rings. The number of hydrogen-bond acceptors (Lipinski definition) is 6. The number of hydrogen-bond donors (Lipinski definition) is 2. The van der Waals surface area contributed by atoms with E-state index < -0.39 is 0 Å². The van der Waals surface area contributed by atoms with Crippen LogP contribution in [0.15, 0.2) is 42.7 Å². The SMILES string of the molecule is Cc1cc(-c2cccc(C(=O)NCc3ncc[nH]3)c2)nc(N2CCOCC2)n1. The molecule has 28 heavy (non-hydrogen) atoms. The third-order valence-electron chi connectivity index (χ3n) is 4.53. The summed E-state index contributed by atoms with van der Waals surface area (Å²) in [5.41, 5.74) is 3.15. The molecule has 1 aliphatic rings. The molecule has 0 unspecified atom stereocenters. The van der Waals surface area contributed by atoms with E-state index >= 15 is 0 Å². The molecule has 2 aromatic heterocycles. The number of benzene rings is 1. The maximum Gasteiger partial charge on any atom is 0.251 e. The van der Waals surface area contributed by atoms with Crippen molar-refractivity contribution < 1.29 is 9.53 Å². The second-order valence-electron chi connectivity index (χ2n) is 6.59. The quantitative estimate of drug-likeness (QED) is 0.704. The van der Waals surface area contributed by atoms with E-state index in [1.54, 1.807) is 18.5 Å². The lowest BCUT2D eigenvalue weighted by Crippen LogP contribution is -2.37. The van der Waals surface area contributed by atoms with Crippen LogP contribution in [0.5, 0.6) is 0 Å². The topological polar surface area (TPSA) is 96.0 Å². The van der Waals surface area contributed by atoms with Crippen molar-refractivity contribution in [3.05, 3.63) is 59.8 Å². The van der Waals surface area contributed by atoms with E-state index in [1.807, 2.05) is 31.2 Å². The number of aromatic amines is 1. The fraction of sp³-hybridized carbons (Fsp3) is 0.300. The van der Waals surface area contributed by atoms with E-state index in [4.69, 9.17) is 9.72 Å². The zero-order valence-electron chi connectivity index (χ0n) is 15.7. The van der Waals surface area contributed by atoms with Crippen molar-refractivity contribution in [3.63, 3.8) is 0 Å². The monoisotopic (exact) mass is 378 g/mol. The first-order valence-electron chi connectivity index (χ1n) is 9.24. The van der Waals surface area contributed by atoms with E-state index in [9.17, 15) is 4.79 Å². The highest BCUT2D eigenvalue weighted by molar-refractivity contribution is 5.95. The standard InChI is InChI=1S/C20H22N6O2/c1-14-11-17(25-20(24-14)26-7-9-28-10-8-26)15-3-2-4-16(12-15)19(27)23-13-18-21-5-6-22-18/h2-6,11-12H,7-10,13H2,1H3,(H,21,22)(H,23,27). The second kappa shape index (κ2) is 8.18. The molecule has 0 aliphatic carbocycles. The summed E-state index contributed by atoms with van der Waals surface area (Å²) in [6, 6.07) is 9.39. The van der Waals surface area contributed by atoms with Gasteiger partial charge in [-0.05, 0) is 25.1 Å². The number of nitrogens with one attached hydrogen (secondary N) is 2. The second-order valence-corrected chi connectivity index (χ2v) is 6.59. The molecule has 1 amide bonds. The average Bonchev–Trinajstić information content (AvgIpc) is 3.26. The molecule has 144 valence electrons. The van der Waals surface area contributed by atoms with Crippen LogP contribution in [0.2, 0.25) is 0 Å². The molecule has 2 N–H and O–H groups in total. The Morgan fingerprint density at radius 2 is 2.11 bits per heavy atom. The number of carbonyl (C=O) groups is 1. The summed E-state index contributed by atoms with van der Waals surface area (Å²) in [6.45, 7) is 5.21. The molecule has 1 aliphatic heterocycles. The number of carbonyl (C=O) groups excluding carboxylic acids is 1. The average molecular weight is 378 g/mol. The van der Waals surface area contributed by atoms with Gasteiger partial charge in [0, 0.05) is 42.3 Å². The molecule has 0 bridgehead atoms. The summed E-state index contributed by atoms with van der Waals surface area (Å²) in [4.78, 5) is 31.0. The van der Waals surface area contributed by atoms with Crippen molar-refractivity contribution in [3.8, 4) is 11.3 Å². The number of aryl methyl sites for hydroxylation is 1. The molecule has 0 saturated carbocycles. The molecular weight excluding hydrogens is 356 g/mol. The summed E-state index contributed by atoms with van der Waals surface area (Å²) in [6.07, 6.45) is 3.39. The number of anilines is 1. The maximum absolute atomic E-state index is 12.5. The lowest BCUT2D eigenvalue weighted by Gasteiger charge is -2.27. The lowest BCUT2D eigenvalue weighted by molar-refractivity contribution is 0.0950. The minimum absolute atomic E-state index is 0.155. The molecule has 3 heterocycles. The van der Waals surface area contributed by atoms with E-state index in [1.165, 1.54) is 0 Å². The number of ether oxygens (including phenoxy) is 1. The summed E-state index contributed by atoms with van der Waals surface area (Å²) in [5.74, 6) is 1.26. The van der Waals surface area contributed by atoms with Gasteiger partial charge in [0.1, 0.15) is 5.82 Å². The fourth-order valence-corrected chi connectivity index (χ4v) is 3.09. The first-order valence-corrected chi connectivity index (χ1v) is 9.24. The third-order valence-corrected chi connectivity index (χ3v) is 4.53. The zero-order chi connectivity index (χ0) is 19.3. The van der Waals surface area contributed by atoms with Gasteiger partial charge in [-0.15, -0.1) is 0 Å². The van der Waals surface area contributed by atoms with Crippen LogP contribution in [0.3, 0.4) is 0 Å². The molecule has 4 rings (SSSR count). The summed E-state index contributed by atoms with van der Waals surface area (Å²) < 4.78 is 5.41. The van der Waals surface area contributed by atoms with Crippen LogP contribution >= 0.6 is 0 Å². The van der Waals surface area contributed by atoms with Crippen LogP contribution in [0.4, 0.5) is 5.95 Å². The van der Waals surface area contributed by atoms with E-state index in [2.05, 4.69) is 25.2 Å². The number of aromatic nitrogens is 4. The lowest BCUT2D eigenvalue weighted by atomic mass is 10.1. The largest absolute Gasteiger partial charge is 0.378 e. The normalized spacial score (nSPS) is 14.1. The Kier molecular flexibility index (Phi) is 5.29. The van der Waals surface area contributed by atoms with Crippen LogP contribution in [0.1, 0.15) is 21.9 Å². The molecule has 0 radical (unpaired) electrons. The van der Waals surface area contributed by atoms with Gasteiger partial charge in [-0.3, -0.25) is 4.79 Å². The number of nitrogens with zero attached hydrogens (tertiary/aromatic N) is 4. The van der Waals surface area contributed by atoms with Gasteiger partial charge >= 0.3 is 0 Å². The minimum atomic E-state index is -0.155. The van der Waals surface area contributed by atoms with Crippen molar-refractivity contribution in [2.24, 2.45) is 0 Å². The summed E-state index contributed by atoms with van der Waals surface area (Å²) in [5, 5.41) is 2.87. The van der Waals surface area contributed by atoms with Crippen LogP contribution in [-0.4, -0.2) is 52.1 Å². The predicted molar refractivity (Wildman–Crippen MR) is 105 cm³/mol. The highest BCUT2D eigenvalue weighted by Gasteiger charge is 2.16. The van der Waals surface area contributed by atoms with Gasteiger partial charge in [0.15, 0.2) is 0 Å². The first kappa shape index (κ1) is 18.1. The fourth-order valence-electron chi connectivity index (χ4n) is 3.09. The first-order chi connectivity index (χ1) is 13.7. The van der Waals surface area contributed by atoms with Gasteiger partial charge in [-0.1, -0.05) is 12.1 Å². The van der Waals surface area contributed by atoms with Gasteiger partial charge in [-0.2, -0.15) is 0 Å². The van der Waals surface area contributed by atoms with Crippen LogP contribution < -0.4 is 10.2 Å². The summed E-state index contributed by atoms with van der Waals surface area (Å²) in [7, 11) is 0. The van der Waals surface area contributed by atoms with Crippen molar-refractivity contribution in [1.82, 2.24) is 25.3 Å². The molecule has 8 nitrogen and oxygen atoms in total. The Balaban J connectivity index is 1.55. The van der Waals surface area contributed by atoms with Gasteiger partial charge < -0.3 is 19.9 Å². The number of H-pyrrole nitrogens is 1. The van der Waals surface area contributed by atoms with Gasteiger partial charge in [0.25, 0.3) is 5.91 Å². The van der Waals surface area contributed by atoms with Gasteiger partial charge in [-0.25, -0.2) is 15.0 Å². The van der Waals surface area contributed by atoms with E-state index in [0.717, 1.165) is 30.0 Å². The summed E-state index contributed by atoms with van der Waals surface area (Å²) >= 11 is 0. The molecule has 0 spiro atoms.